The fraction of sp³-hybridized carbons (Fsp3) is 0.280. The first-order valence-electron chi connectivity index (χ1n) is 21.8. The van der Waals surface area contributed by atoms with Gasteiger partial charge >= 0.3 is 24.1 Å². The van der Waals surface area contributed by atoms with Crippen LogP contribution in [0.5, 0.6) is 0 Å². The van der Waals surface area contributed by atoms with Crippen LogP contribution in [0.4, 0.5) is 31.0 Å². The van der Waals surface area contributed by atoms with Gasteiger partial charge in [0.25, 0.3) is 0 Å². The molecule has 68 heavy (non-hydrogen) atoms. The second-order valence-corrected chi connectivity index (χ2v) is 16.9. The third-order valence-corrected chi connectivity index (χ3v) is 12.6. The van der Waals surface area contributed by atoms with Crippen LogP contribution in [0.15, 0.2) is 96.2 Å². The number of nitrogens with zero attached hydrogens (tertiary/aromatic N) is 7. The van der Waals surface area contributed by atoms with Gasteiger partial charge in [-0.1, -0.05) is 60.7 Å². The fourth-order valence-corrected chi connectivity index (χ4v) is 9.35. The van der Waals surface area contributed by atoms with Gasteiger partial charge < -0.3 is 38.6 Å². The maximum absolute atomic E-state index is 16.4. The number of amides is 2. The van der Waals surface area contributed by atoms with Crippen LogP contribution in [-0.2, 0) is 50.4 Å². The van der Waals surface area contributed by atoms with E-state index in [-0.39, 0.29) is 53.6 Å². The highest BCUT2D eigenvalue weighted by atomic mass is 19.1. The molecule has 2 amide bonds. The summed E-state index contributed by atoms with van der Waals surface area (Å²) in [5, 5.41) is 2.45. The molecule has 6 aromatic rings. The normalized spacial score (nSPS) is 15.8. The number of fused-ring (bicyclic) bond motifs is 5. The molecule has 3 aromatic carbocycles. The molecule has 2 saturated heterocycles. The van der Waals surface area contributed by atoms with Crippen molar-refractivity contribution in [3.63, 3.8) is 0 Å². The summed E-state index contributed by atoms with van der Waals surface area (Å²) in [5.74, 6) is -2.24. The van der Waals surface area contributed by atoms with Crippen LogP contribution in [0, 0.1) is 18.3 Å². The minimum Gasteiger partial charge on any atom is -0.457 e. The SMILES string of the molecule is [C-]#[N+]c1c(F)cc(N(C)C(=O)OCOC(=O)CNC(=O)OCc2ccccc2)c2c1-c1c(ncc(-c3cnc4c(c3)c(=O)c(C(=O)OCc3ccccc3)cn4C)c1N1CC[C@H]3CN(C)C[C@H]31)C2. The molecule has 346 valence electrons. The van der Waals surface area contributed by atoms with Gasteiger partial charge in [0.2, 0.25) is 17.9 Å². The molecule has 0 bridgehead atoms. The Hall–Kier alpha value is -8.17. The lowest BCUT2D eigenvalue weighted by molar-refractivity contribution is -0.150. The van der Waals surface area contributed by atoms with E-state index in [1.165, 1.54) is 13.2 Å². The summed E-state index contributed by atoms with van der Waals surface area (Å²) in [5.41, 5.74) is 4.56. The molecule has 1 aliphatic carbocycles. The van der Waals surface area contributed by atoms with Crippen LogP contribution in [0.1, 0.15) is 39.2 Å². The number of likely N-dealkylation sites (N-methyl/N-ethyl adjacent to an activating group) is 1. The number of halogens is 1. The Bertz CT molecular complexity index is 3090. The van der Waals surface area contributed by atoms with E-state index in [1.807, 2.05) is 36.4 Å². The average Bonchev–Trinajstić information content (AvgIpc) is 4.05. The number of pyridine rings is 3. The molecule has 2 atom stereocenters. The molecule has 2 aliphatic heterocycles. The number of aryl methyl sites for hydroxylation is 1. The van der Waals surface area contributed by atoms with Gasteiger partial charge in [-0.05, 0) is 48.2 Å². The summed E-state index contributed by atoms with van der Waals surface area (Å²) < 4.78 is 38.9. The minimum absolute atomic E-state index is 0.00466. The first-order chi connectivity index (χ1) is 32.9. The zero-order valence-corrected chi connectivity index (χ0v) is 37.4. The molecule has 3 aromatic heterocycles. The van der Waals surface area contributed by atoms with Crippen molar-refractivity contribution in [2.75, 3.05) is 56.9 Å². The molecular weight excluding hydrogens is 876 g/mol. The third kappa shape index (κ3) is 8.78. The molecule has 0 unspecified atom stereocenters. The van der Waals surface area contributed by atoms with Gasteiger partial charge in [-0.2, -0.15) is 0 Å². The van der Waals surface area contributed by atoms with Crippen LogP contribution in [-0.4, -0.2) is 96.7 Å². The number of ether oxygens (including phenoxy) is 4. The highest BCUT2D eigenvalue weighted by Crippen LogP contribution is 2.55. The topological polar surface area (TPSA) is 179 Å². The van der Waals surface area contributed by atoms with Gasteiger partial charge in [0.1, 0.15) is 36.8 Å². The Morgan fingerprint density at radius 1 is 0.912 bits per heavy atom. The highest BCUT2D eigenvalue weighted by Gasteiger charge is 2.44. The fourth-order valence-electron chi connectivity index (χ4n) is 9.35. The van der Waals surface area contributed by atoms with E-state index in [9.17, 15) is 24.0 Å². The van der Waals surface area contributed by atoms with E-state index in [4.69, 9.17) is 35.5 Å². The largest absolute Gasteiger partial charge is 0.457 e. The summed E-state index contributed by atoms with van der Waals surface area (Å²) in [7, 11) is 5.12. The number of nitrogens with one attached hydrogen (secondary N) is 1. The van der Waals surface area contributed by atoms with Gasteiger partial charge in [0.15, 0.2) is 0 Å². The zero-order chi connectivity index (χ0) is 47.6. The zero-order valence-electron chi connectivity index (χ0n) is 37.4. The molecule has 0 saturated carbocycles. The Morgan fingerprint density at radius 3 is 2.35 bits per heavy atom. The maximum atomic E-state index is 16.4. The summed E-state index contributed by atoms with van der Waals surface area (Å²) in [6, 6.07) is 20.9. The standard InChI is InChI=1S/C50H45FN8O9/c1-52-44-37(51)19-39(58(4)50(64)68-28-67-41(60)22-55-49(63)66-27-30-13-9-6-10-14-30)33-18-38-43(42(33)44)45(59-16-15-31-23-56(2)25-40(31)59)35(21-53-38)32-17-34-46(61)36(24-57(3)47(34)54-20-32)48(62)65-26-29-11-7-5-8-12-29/h5-14,17,19-21,24,31,40H,15-16,18,22-23,25-28H2,2-4H3,(H,55,63)/t31-,40+/m0/s1. The predicted molar refractivity (Wildman–Crippen MR) is 247 cm³/mol. The van der Waals surface area contributed by atoms with Crippen LogP contribution >= 0.6 is 0 Å². The highest BCUT2D eigenvalue weighted by molar-refractivity contribution is 6.04. The summed E-state index contributed by atoms with van der Waals surface area (Å²) in [4.78, 5) is 84.4. The number of benzene rings is 3. The number of esters is 2. The van der Waals surface area contributed by atoms with Gasteiger partial charge in [0.05, 0.1) is 29.0 Å². The lowest BCUT2D eigenvalue weighted by atomic mass is 9.95. The van der Waals surface area contributed by atoms with Gasteiger partial charge in [-0.25, -0.2) is 28.6 Å². The number of likely N-dealkylation sites (tertiary alicyclic amines) is 1. The number of rotatable bonds is 12. The molecule has 0 radical (unpaired) electrons. The van der Waals surface area contributed by atoms with Crippen LogP contribution in [0.25, 0.3) is 38.1 Å². The Labute approximate surface area is 389 Å². The molecular formula is C50H45FN8O9. The number of aromatic nitrogens is 3. The van der Waals surface area contributed by atoms with Gasteiger partial charge in [-0.3, -0.25) is 19.5 Å². The first kappa shape index (κ1) is 45.0. The predicted octanol–water partition coefficient (Wildman–Crippen LogP) is 6.75. The number of anilines is 2. The molecule has 2 fully saturated rings. The smallest absolute Gasteiger partial charge is 0.416 e. The van der Waals surface area contributed by atoms with Gasteiger partial charge in [0, 0.05) is 87.0 Å². The molecule has 3 aliphatic rings. The number of carbonyl (C=O) groups is 4. The van der Waals surface area contributed by atoms with E-state index in [1.54, 1.807) is 54.3 Å². The Kier molecular flexibility index (Phi) is 12.6. The number of carbonyl (C=O) groups excluding carboxylic acids is 4. The minimum atomic E-state index is -0.987. The number of hydrogen-bond acceptors (Lipinski definition) is 13. The van der Waals surface area contributed by atoms with Crippen LogP contribution < -0.4 is 20.5 Å². The average molecular weight is 921 g/mol. The maximum Gasteiger partial charge on any atom is 0.416 e. The van der Waals surface area contributed by atoms with Crippen LogP contribution in [0.2, 0.25) is 0 Å². The van der Waals surface area contributed by atoms with Crippen molar-refractivity contribution >= 4 is 52.2 Å². The van der Waals surface area contributed by atoms with Crippen LogP contribution in [0.3, 0.4) is 0 Å². The third-order valence-electron chi connectivity index (χ3n) is 12.6. The second kappa shape index (κ2) is 19.0. The van der Waals surface area contributed by atoms with E-state index < -0.39 is 48.7 Å². The van der Waals surface area contributed by atoms with Crippen molar-refractivity contribution in [1.82, 2.24) is 24.8 Å². The summed E-state index contributed by atoms with van der Waals surface area (Å²) in [6.07, 6.45) is 3.90. The van der Waals surface area contributed by atoms with Crippen molar-refractivity contribution in [3.05, 3.63) is 147 Å². The lowest BCUT2D eigenvalue weighted by Crippen LogP contribution is -2.35. The monoisotopic (exact) mass is 920 g/mol. The van der Waals surface area contributed by atoms with E-state index in [0.717, 1.165) is 41.6 Å². The van der Waals surface area contributed by atoms with Crippen molar-refractivity contribution in [3.8, 4) is 22.3 Å². The molecule has 0 spiro atoms. The Balaban J connectivity index is 1.02. The Morgan fingerprint density at radius 2 is 1.63 bits per heavy atom. The molecule has 9 rings (SSSR count). The van der Waals surface area contributed by atoms with E-state index >= 15 is 4.39 Å². The number of hydrogen-bond donors (Lipinski definition) is 1. The quantitative estimate of drug-likeness (QED) is 0.0589. The van der Waals surface area contributed by atoms with E-state index in [2.05, 4.69) is 27.0 Å². The van der Waals surface area contributed by atoms with Crippen molar-refractivity contribution < 1.29 is 42.5 Å². The molecule has 17 nitrogen and oxygen atoms in total. The number of alkyl carbamates (subject to hydrolysis) is 1. The van der Waals surface area contributed by atoms with E-state index in [0.29, 0.717) is 51.7 Å². The molecule has 5 heterocycles. The lowest BCUT2D eigenvalue weighted by Gasteiger charge is -2.31. The second-order valence-electron chi connectivity index (χ2n) is 16.9. The van der Waals surface area contributed by atoms with Crippen molar-refractivity contribution in [2.24, 2.45) is 13.0 Å². The summed E-state index contributed by atoms with van der Waals surface area (Å²) in [6.45, 7) is 9.07. The summed E-state index contributed by atoms with van der Waals surface area (Å²) >= 11 is 0. The van der Waals surface area contributed by atoms with Gasteiger partial charge in [-0.15, -0.1) is 0 Å². The van der Waals surface area contributed by atoms with Crippen molar-refractivity contribution in [1.29, 1.82) is 0 Å². The molecule has 1 N–H and O–H groups in total. The first-order valence-corrected chi connectivity index (χ1v) is 21.8. The van der Waals surface area contributed by atoms with Crippen molar-refractivity contribution in [2.45, 2.75) is 32.1 Å². The molecule has 18 heteroatoms.